The number of pyridine rings is 1. The smallest absolute Gasteiger partial charge is 0.339 e. The van der Waals surface area contributed by atoms with Gasteiger partial charge in [-0.25, -0.2) is 4.79 Å². The first-order chi connectivity index (χ1) is 9.27. The summed E-state index contributed by atoms with van der Waals surface area (Å²) in [6.45, 7) is 0.436. The molecule has 0 fully saturated rings. The Morgan fingerprint density at radius 3 is 2.79 bits per heavy atom. The Kier molecular flexibility index (Phi) is 4.80. The Hall–Kier alpha value is -2.01. The zero-order chi connectivity index (χ0) is 13.5. The third kappa shape index (κ3) is 3.99. The standard InChI is InChI=1S/C14H13NO3S/c16-14(17)12-6-7-15-10-13(12)18-8-9-19-11-4-2-1-3-5-11/h1-7,10H,8-9H2,(H,16,17). The van der Waals surface area contributed by atoms with E-state index in [0.717, 1.165) is 10.6 Å². The normalized spacial score (nSPS) is 10.1. The molecule has 2 aromatic rings. The van der Waals surface area contributed by atoms with E-state index in [1.807, 2.05) is 30.3 Å². The monoisotopic (exact) mass is 275 g/mol. The van der Waals surface area contributed by atoms with Crippen LogP contribution in [0.2, 0.25) is 0 Å². The molecule has 0 radical (unpaired) electrons. The molecule has 5 heteroatoms. The van der Waals surface area contributed by atoms with Gasteiger partial charge in [0.1, 0.15) is 5.56 Å². The van der Waals surface area contributed by atoms with E-state index in [1.165, 1.54) is 18.5 Å². The highest BCUT2D eigenvalue weighted by Crippen LogP contribution is 2.19. The first-order valence-corrected chi connectivity index (χ1v) is 6.74. The van der Waals surface area contributed by atoms with Gasteiger partial charge in [-0.05, 0) is 18.2 Å². The van der Waals surface area contributed by atoms with Crippen molar-refractivity contribution in [2.24, 2.45) is 0 Å². The highest BCUT2D eigenvalue weighted by molar-refractivity contribution is 7.99. The summed E-state index contributed by atoms with van der Waals surface area (Å²) in [6.07, 6.45) is 2.87. The molecule has 2 rings (SSSR count). The van der Waals surface area contributed by atoms with Gasteiger partial charge in [0.15, 0.2) is 5.75 Å². The molecule has 0 atom stereocenters. The Morgan fingerprint density at radius 1 is 1.26 bits per heavy atom. The van der Waals surface area contributed by atoms with Gasteiger partial charge < -0.3 is 9.84 Å². The number of carbonyl (C=O) groups is 1. The third-order valence-corrected chi connectivity index (χ3v) is 3.34. The van der Waals surface area contributed by atoms with Crippen LogP contribution in [-0.4, -0.2) is 28.4 Å². The number of ether oxygens (including phenoxy) is 1. The average Bonchev–Trinajstić information content (AvgIpc) is 2.45. The summed E-state index contributed by atoms with van der Waals surface area (Å²) >= 11 is 1.66. The number of thioether (sulfide) groups is 1. The van der Waals surface area contributed by atoms with Gasteiger partial charge in [-0.1, -0.05) is 18.2 Å². The minimum absolute atomic E-state index is 0.139. The van der Waals surface area contributed by atoms with Crippen LogP contribution in [0.4, 0.5) is 0 Å². The lowest BCUT2D eigenvalue weighted by Gasteiger charge is -2.08. The van der Waals surface area contributed by atoms with E-state index >= 15 is 0 Å². The van der Waals surface area contributed by atoms with Crippen molar-refractivity contribution in [2.45, 2.75) is 4.90 Å². The lowest BCUT2D eigenvalue weighted by Crippen LogP contribution is -2.06. The van der Waals surface area contributed by atoms with Crippen LogP contribution in [0.5, 0.6) is 5.75 Å². The Labute approximate surface area is 115 Å². The number of hydrogen-bond donors (Lipinski definition) is 1. The Bertz CT molecular complexity index is 545. The Balaban J connectivity index is 1.85. The zero-order valence-corrected chi connectivity index (χ0v) is 11.0. The molecule has 0 spiro atoms. The summed E-state index contributed by atoms with van der Waals surface area (Å²) in [5.74, 6) is 0.0506. The van der Waals surface area contributed by atoms with Crippen molar-refractivity contribution in [2.75, 3.05) is 12.4 Å². The number of carboxylic acid groups (broad SMARTS) is 1. The number of carboxylic acids is 1. The number of hydrogen-bond acceptors (Lipinski definition) is 4. The lowest BCUT2D eigenvalue weighted by atomic mass is 10.2. The average molecular weight is 275 g/mol. The van der Waals surface area contributed by atoms with Crippen LogP contribution < -0.4 is 4.74 Å². The molecular weight excluding hydrogens is 262 g/mol. The fourth-order valence-electron chi connectivity index (χ4n) is 1.50. The second kappa shape index (κ2) is 6.80. The molecule has 0 saturated carbocycles. The molecule has 1 N–H and O–H groups in total. The maximum absolute atomic E-state index is 11.0. The van der Waals surface area contributed by atoms with Gasteiger partial charge in [-0.2, -0.15) is 0 Å². The largest absolute Gasteiger partial charge is 0.490 e. The molecule has 98 valence electrons. The predicted octanol–water partition coefficient (Wildman–Crippen LogP) is 2.95. The number of aromatic nitrogens is 1. The molecule has 4 nitrogen and oxygen atoms in total. The van der Waals surface area contributed by atoms with Gasteiger partial charge in [0.2, 0.25) is 0 Å². The second-order valence-corrected chi connectivity index (χ2v) is 4.86. The summed E-state index contributed by atoms with van der Waals surface area (Å²) in [7, 11) is 0. The molecule has 0 aliphatic heterocycles. The van der Waals surface area contributed by atoms with Crippen LogP contribution in [0.15, 0.2) is 53.7 Å². The van der Waals surface area contributed by atoms with Crippen molar-refractivity contribution >= 4 is 17.7 Å². The van der Waals surface area contributed by atoms with Gasteiger partial charge in [-0.3, -0.25) is 4.98 Å². The maximum Gasteiger partial charge on any atom is 0.339 e. The van der Waals surface area contributed by atoms with Crippen molar-refractivity contribution in [3.05, 3.63) is 54.4 Å². The first-order valence-electron chi connectivity index (χ1n) is 5.75. The minimum atomic E-state index is -1.01. The maximum atomic E-state index is 11.0. The summed E-state index contributed by atoms with van der Waals surface area (Å²) in [6, 6.07) is 11.4. The predicted molar refractivity (Wildman–Crippen MR) is 73.9 cm³/mol. The van der Waals surface area contributed by atoms with Gasteiger partial charge in [0.05, 0.1) is 12.8 Å². The molecule has 0 amide bonds. The summed E-state index contributed by atoms with van der Waals surface area (Å²) in [4.78, 5) is 16.0. The zero-order valence-electron chi connectivity index (χ0n) is 10.2. The highest BCUT2D eigenvalue weighted by Gasteiger charge is 2.10. The molecular formula is C14H13NO3S. The topological polar surface area (TPSA) is 59.4 Å². The van der Waals surface area contributed by atoms with Gasteiger partial charge in [0, 0.05) is 16.8 Å². The van der Waals surface area contributed by atoms with Crippen LogP contribution in [0.1, 0.15) is 10.4 Å². The van der Waals surface area contributed by atoms with E-state index in [-0.39, 0.29) is 5.56 Å². The van der Waals surface area contributed by atoms with Crippen molar-refractivity contribution in [1.82, 2.24) is 4.98 Å². The molecule has 0 saturated heterocycles. The van der Waals surface area contributed by atoms with Gasteiger partial charge in [-0.15, -0.1) is 11.8 Å². The van der Waals surface area contributed by atoms with Crippen molar-refractivity contribution in [3.8, 4) is 5.75 Å². The van der Waals surface area contributed by atoms with E-state index in [2.05, 4.69) is 4.98 Å². The molecule has 0 aliphatic rings. The Morgan fingerprint density at radius 2 is 2.05 bits per heavy atom. The first kappa shape index (κ1) is 13.4. The number of rotatable bonds is 6. The molecule has 0 aliphatic carbocycles. The lowest BCUT2D eigenvalue weighted by molar-refractivity contribution is 0.0692. The third-order valence-electron chi connectivity index (χ3n) is 2.37. The van der Waals surface area contributed by atoms with E-state index in [9.17, 15) is 4.79 Å². The summed E-state index contributed by atoms with van der Waals surface area (Å²) in [5.41, 5.74) is 0.139. The second-order valence-electron chi connectivity index (χ2n) is 3.69. The van der Waals surface area contributed by atoms with E-state index in [4.69, 9.17) is 9.84 Å². The summed E-state index contributed by atoms with van der Waals surface area (Å²) in [5, 5.41) is 8.99. The van der Waals surface area contributed by atoms with E-state index in [1.54, 1.807) is 11.8 Å². The van der Waals surface area contributed by atoms with Crippen molar-refractivity contribution in [1.29, 1.82) is 0 Å². The quantitative estimate of drug-likeness (QED) is 0.648. The molecule has 1 aromatic carbocycles. The van der Waals surface area contributed by atoms with Crippen molar-refractivity contribution in [3.63, 3.8) is 0 Å². The van der Waals surface area contributed by atoms with E-state index < -0.39 is 5.97 Å². The van der Waals surface area contributed by atoms with E-state index in [0.29, 0.717) is 12.4 Å². The number of benzene rings is 1. The molecule has 0 unspecified atom stereocenters. The molecule has 19 heavy (non-hydrogen) atoms. The molecule has 1 heterocycles. The minimum Gasteiger partial charge on any atom is -0.490 e. The molecule has 1 aromatic heterocycles. The fraction of sp³-hybridized carbons (Fsp3) is 0.143. The van der Waals surface area contributed by atoms with Crippen LogP contribution in [-0.2, 0) is 0 Å². The van der Waals surface area contributed by atoms with Crippen LogP contribution >= 0.6 is 11.8 Å². The van der Waals surface area contributed by atoms with Gasteiger partial charge >= 0.3 is 5.97 Å². The molecule has 0 bridgehead atoms. The fourth-order valence-corrected chi connectivity index (χ4v) is 2.25. The van der Waals surface area contributed by atoms with Crippen LogP contribution in [0, 0.1) is 0 Å². The number of aromatic carboxylic acids is 1. The van der Waals surface area contributed by atoms with Crippen molar-refractivity contribution < 1.29 is 14.6 Å². The van der Waals surface area contributed by atoms with Crippen LogP contribution in [0.3, 0.4) is 0 Å². The number of nitrogens with zero attached hydrogens (tertiary/aromatic N) is 1. The highest BCUT2D eigenvalue weighted by atomic mass is 32.2. The van der Waals surface area contributed by atoms with Crippen LogP contribution in [0.25, 0.3) is 0 Å². The van der Waals surface area contributed by atoms with Gasteiger partial charge in [0.25, 0.3) is 0 Å². The summed E-state index contributed by atoms with van der Waals surface area (Å²) < 4.78 is 5.46. The SMILES string of the molecule is O=C(O)c1ccncc1OCCSc1ccccc1.